The van der Waals surface area contributed by atoms with Gasteiger partial charge >= 0.3 is 5.97 Å². The minimum Gasteiger partial charge on any atom is -0.479 e. The first-order valence-corrected chi connectivity index (χ1v) is 7.42. The Morgan fingerprint density at radius 1 is 1.21 bits per heavy atom. The van der Waals surface area contributed by atoms with Gasteiger partial charge in [-0.15, -0.1) is 0 Å². The lowest BCUT2D eigenvalue weighted by atomic mass is 9.65. The molecule has 3 aliphatic carbocycles. The Balaban J connectivity index is 1.85. The fraction of sp³-hybridized carbons (Fsp3) is 0.867. The summed E-state index contributed by atoms with van der Waals surface area (Å²) in [7, 11) is 0. The van der Waals surface area contributed by atoms with Gasteiger partial charge in [-0.05, 0) is 43.4 Å². The van der Waals surface area contributed by atoms with Gasteiger partial charge in [0.15, 0.2) is 0 Å². The molecule has 4 bridgehead atoms. The molecule has 1 saturated heterocycles. The first-order valence-electron chi connectivity index (χ1n) is 7.42. The molecule has 19 heavy (non-hydrogen) atoms. The molecule has 4 aliphatic rings. The molecule has 1 N–H and O–H groups in total. The van der Waals surface area contributed by atoms with Crippen molar-refractivity contribution in [2.45, 2.75) is 51.5 Å². The summed E-state index contributed by atoms with van der Waals surface area (Å²) in [5, 5.41) is 9.92. The number of likely N-dealkylation sites (tertiary alicyclic amines) is 1. The molecule has 0 aromatic carbocycles. The standard InChI is InChI=1S/C15H21NO3/c1-13-8-16(11(17)9-3-4-9)15(12(18)19)7-10(13)5-6-14(13,15)2/h9-10H,3-8H2,1-2H3,(H,18,19)/t10-,13-,14+,15-/m1/s1. The molecule has 1 amide bonds. The zero-order chi connectivity index (χ0) is 13.6. The van der Waals surface area contributed by atoms with Crippen molar-refractivity contribution in [1.82, 2.24) is 4.90 Å². The van der Waals surface area contributed by atoms with Crippen LogP contribution in [-0.4, -0.2) is 34.0 Å². The average molecular weight is 263 g/mol. The zero-order valence-corrected chi connectivity index (χ0v) is 11.6. The van der Waals surface area contributed by atoms with E-state index in [-0.39, 0.29) is 22.7 Å². The topological polar surface area (TPSA) is 57.6 Å². The molecule has 0 unspecified atom stereocenters. The van der Waals surface area contributed by atoms with Gasteiger partial charge in [0.05, 0.1) is 0 Å². The lowest BCUT2D eigenvalue weighted by molar-refractivity contribution is -0.165. The summed E-state index contributed by atoms with van der Waals surface area (Å²) in [6, 6.07) is 0. The van der Waals surface area contributed by atoms with Crippen LogP contribution in [0.3, 0.4) is 0 Å². The molecule has 4 nitrogen and oxygen atoms in total. The number of hydrogen-bond donors (Lipinski definition) is 1. The Morgan fingerprint density at radius 2 is 1.89 bits per heavy atom. The van der Waals surface area contributed by atoms with Crippen LogP contribution in [-0.2, 0) is 9.59 Å². The Bertz CT molecular complexity index is 500. The fourth-order valence-electron chi connectivity index (χ4n) is 5.54. The summed E-state index contributed by atoms with van der Waals surface area (Å²) in [6.45, 7) is 5.00. The number of carbonyl (C=O) groups is 2. The Hall–Kier alpha value is -1.06. The normalized spacial score (nSPS) is 50.8. The van der Waals surface area contributed by atoms with Crippen molar-refractivity contribution in [3.8, 4) is 0 Å². The first-order chi connectivity index (χ1) is 8.87. The Labute approximate surface area is 113 Å². The third-order valence-corrected chi connectivity index (χ3v) is 7.10. The van der Waals surface area contributed by atoms with Gasteiger partial charge in [-0.1, -0.05) is 13.8 Å². The van der Waals surface area contributed by atoms with Crippen LogP contribution in [0.15, 0.2) is 0 Å². The third-order valence-electron chi connectivity index (χ3n) is 7.10. The van der Waals surface area contributed by atoms with Crippen molar-refractivity contribution < 1.29 is 14.7 Å². The van der Waals surface area contributed by atoms with Crippen LogP contribution in [0.5, 0.6) is 0 Å². The highest BCUT2D eigenvalue weighted by Gasteiger charge is 2.81. The van der Waals surface area contributed by atoms with Crippen LogP contribution < -0.4 is 0 Å². The summed E-state index contributed by atoms with van der Waals surface area (Å²) in [5.41, 5.74) is -1.14. The lowest BCUT2D eigenvalue weighted by Gasteiger charge is -2.45. The molecule has 104 valence electrons. The van der Waals surface area contributed by atoms with Crippen LogP contribution in [0, 0.1) is 22.7 Å². The molecule has 4 heteroatoms. The van der Waals surface area contributed by atoms with Crippen LogP contribution in [0.1, 0.15) is 46.0 Å². The van der Waals surface area contributed by atoms with Crippen LogP contribution in [0.4, 0.5) is 0 Å². The lowest BCUT2D eigenvalue weighted by Crippen LogP contribution is -2.61. The number of rotatable bonds is 2. The number of hydrogen-bond acceptors (Lipinski definition) is 2. The minimum atomic E-state index is -0.912. The maximum atomic E-state index is 12.5. The zero-order valence-electron chi connectivity index (χ0n) is 11.6. The summed E-state index contributed by atoms with van der Waals surface area (Å²) < 4.78 is 0. The number of carbonyl (C=O) groups excluding carboxylic acids is 1. The maximum Gasteiger partial charge on any atom is 0.330 e. The summed E-state index contributed by atoms with van der Waals surface area (Å²) in [5.74, 6) is -0.0641. The van der Waals surface area contributed by atoms with Crippen molar-refractivity contribution in [2.24, 2.45) is 22.7 Å². The highest BCUT2D eigenvalue weighted by molar-refractivity contribution is 5.92. The summed E-state index contributed by atoms with van der Waals surface area (Å²) >= 11 is 0. The largest absolute Gasteiger partial charge is 0.479 e. The highest BCUT2D eigenvalue weighted by atomic mass is 16.4. The second kappa shape index (κ2) is 2.99. The van der Waals surface area contributed by atoms with E-state index >= 15 is 0 Å². The van der Waals surface area contributed by atoms with Gasteiger partial charge in [0.2, 0.25) is 5.91 Å². The first kappa shape index (κ1) is 11.7. The van der Waals surface area contributed by atoms with Crippen molar-refractivity contribution in [2.75, 3.05) is 6.54 Å². The van der Waals surface area contributed by atoms with Gasteiger partial charge in [0.25, 0.3) is 0 Å². The van der Waals surface area contributed by atoms with Crippen LogP contribution in [0.25, 0.3) is 0 Å². The van der Waals surface area contributed by atoms with Gasteiger partial charge in [-0.25, -0.2) is 4.79 Å². The van der Waals surface area contributed by atoms with Crippen molar-refractivity contribution in [1.29, 1.82) is 0 Å². The molecule has 0 spiro atoms. The molecule has 0 radical (unpaired) electrons. The van der Waals surface area contributed by atoms with E-state index < -0.39 is 11.5 Å². The molecule has 3 saturated carbocycles. The SMILES string of the molecule is C[C@@]12CC[C@@H]3C[C@]1(C(=O)O)N(C(=O)C1CC1)C[C@]32C. The molecule has 4 rings (SSSR count). The summed E-state index contributed by atoms with van der Waals surface area (Å²) in [4.78, 5) is 26.4. The highest BCUT2D eigenvalue weighted by Crippen LogP contribution is 2.76. The number of aliphatic carboxylic acids is 1. The second-order valence-corrected chi connectivity index (χ2v) is 7.55. The van der Waals surface area contributed by atoms with Crippen molar-refractivity contribution in [3.05, 3.63) is 0 Å². The number of piperidine rings is 1. The van der Waals surface area contributed by atoms with Gasteiger partial charge in [0.1, 0.15) is 5.54 Å². The average Bonchev–Trinajstić information content (AvgIpc) is 3.11. The van der Waals surface area contributed by atoms with E-state index in [1.54, 1.807) is 4.90 Å². The maximum absolute atomic E-state index is 12.5. The Morgan fingerprint density at radius 3 is 2.42 bits per heavy atom. The van der Waals surface area contributed by atoms with E-state index in [4.69, 9.17) is 0 Å². The van der Waals surface area contributed by atoms with Crippen molar-refractivity contribution in [3.63, 3.8) is 0 Å². The smallest absolute Gasteiger partial charge is 0.330 e. The number of amides is 1. The molecule has 4 fully saturated rings. The molecular formula is C15H21NO3. The van der Waals surface area contributed by atoms with Gasteiger partial charge in [-0.3, -0.25) is 4.79 Å². The third kappa shape index (κ3) is 0.986. The fourth-order valence-corrected chi connectivity index (χ4v) is 5.54. The van der Waals surface area contributed by atoms with Gasteiger partial charge in [0, 0.05) is 17.9 Å². The van der Waals surface area contributed by atoms with E-state index in [1.165, 1.54) is 0 Å². The van der Waals surface area contributed by atoms with E-state index in [1.807, 2.05) is 0 Å². The quantitative estimate of drug-likeness (QED) is 0.827. The molecule has 0 aromatic rings. The van der Waals surface area contributed by atoms with Gasteiger partial charge < -0.3 is 10.0 Å². The predicted octanol–water partition coefficient (Wildman–Crippen LogP) is 1.89. The number of carboxylic acids is 1. The van der Waals surface area contributed by atoms with E-state index in [2.05, 4.69) is 13.8 Å². The Kier molecular flexibility index (Phi) is 1.85. The number of nitrogens with zero attached hydrogens (tertiary/aromatic N) is 1. The molecule has 0 aromatic heterocycles. The van der Waals surface area contributed by atoms with E-state index in [0.29, 0.717) is 18.9 Å². The van der Waals surface area contributed by atoms with Crippen LogP contribution in [0.2, 0.25) is 0 Å². The number of carboxylic acid groups (broad SMARTS) is 1. The van der Waals surface area contributed by atoms with E-state index in [0.717, 1.165) is 25.7 Å². The second-order valence-electron chi connectivity index (χ2n) is 7.55. The van der Waals surface area contributed by atoms with Crippen LogP contribution >= 0.6 is 0 Å². The summed E-state index contributed by atoms with van der Waals surface area (Å²) in [6.07, 6.45) is 4.65. The monoisotopic (exact) mass is 263 g/mol. The van der Waals surface area contributed by atoms with Crippen molar-refractivity contribution >= 4 is 11.9 Å². The van der Waals surface area contributed by atoms with Gasteiger partial charge in [-0.2, -0.15) is 0 Å². The molecule has 1 heterocycles. The minimum absolute atomic E-state index is 0.00986. The van der Waals surface area contributed by atoms with E-state index in [9.17, 15) is 14.7 Å². The molecule has 4 atom stereocenters. The molecule has 1 aliphatic heterocycles. The molecular weight excluding hydrogens is 242 g/mol. The predicted molar refractivity (Wildman–Crippen MR) is 68.4 cm³/mol.